The number of nitrogens with zero attached hydrogens (tertiary/aromatic N) is 2. The summed E-state index contributed by atoms with van der Waals surface area (Å²) in [5, 5.41) is 18.5. The molecule has 1 saturated heterocycles. The zero-order valence-electron chi connectivity index (χ0n) is 13.3. The van der Waals surface area contributed by atoms with Crippen LogP contribution in [0.4, 0.5) is 4.79 Å². The average Bonchev–Trinajstić information content (AvgIpc) is 3.30. The molecular weight excluding hydrogens is 350 g/mol. The molecule has 3 N–H and O–H groups in total. The monoisotopic (exact) mass is 369 g/mol. The van der Waals surface area contributed by atoms with E-state index in [1.165, 1.54) is 0 Å². The maximum atomic E-state index is 12.6. The van der Waals surface area contributed by atoms with Gasteiger partial charge in [-0.25, -0.2) is 4.79 Å². The van der Waals surface area contributed by atoms with Crippen LogP contribution in [-0.2, 0) is 15.0 Å². The second kappa shape index (κ2) is 6.28. The third-order valence-electron chi connectivity index (χ3n) is 4.70. The van der Waals surface area contributed by atoms with Crippen LogP contribution in [0.3, 0.4) is 0 Å². The highest BCUT2D eigenvalue weighted by molar-refractivity contribution is 7.87. The molecule has 1 aromatic carbocycles. The molecule has 1 saturated carbocycles. The number of hydrogen-bond acceptors (Lipinski definition) is 4. The van der Waals surface area contributed by atoms with Crippen molar-refractivity contribution < 1.29 is 28.2 Å². The van der Waals surface area contributed by atoms with Crippen LogP contribution in [0, 0.1) is 0 Å². The van der Waals surface area contributed by atoms with E-state index in [2.05, 4.69) is 4.72 Å². The number of nitrogens with one attached hydrogen (secondary N) is 1. The molecule has 0 bridgehead atoms. The lowest BCUT2D eigenvalue weighted by atomic mass is 10.1. The van der Waals surface area contributed by atoms with Gasteiger partial charge in [0.05, 0.1) is 0 Å². The molecule has 136 valence electrons. The summed E-state index contributed by atoms with van der Waals surface area (Å²) in [6, 6.07) is 8.91. The van der Waals surface area contributed by atoms with Gasteiger partial charge in [0.2, 0.25) is 0 Å². The highest BCUT2D eigenvalue weighted by Gasteiger charge is 2.63. The van der Waals surface area contributed by atoms with E-state index in [9.17, 15) is 23.1 Å². The van der Waals surface area contributed by atoms with Crippen LogP contribution in [-0.4, -0.2) is 71.6 Å². The molecule has 9 nitrogen and oxygen atoms in total. The Kier molecular flexibility index (Phi) is 4.43. The first kappa shape index (κ1) is 17.6. The smallest absolute Gasteiger partial charge is 0.407 e. The summed E-state index contributed by atoms with van der Waals surface area (Å²) >= 11 is 0. The van der Waals surface area contributed by atoms with Gasteiger partial charge < -0.3 is 15.1 Å². The molecule has 1 amide bonds. The third-order valence-corrected chi connectivity index (χ3v) is 6.37. The van der Waals surface area contributed by atoms with Crippen LogP contribution < -0.4 is 4.72 Å². The highest BCUT2D eigenvalue weighted by Crippen LogP contribution is 2.52. The Morgan fingerprint density at radius 2 is 1.68 bits per heavy atom. The summed E-state index contributed by atoms with van der Waals surface area (Å²) in [7, 11) is -4.03. The molecule has 2 aliphatic rings. The van der Waals surface area contributed by atoms with Crippen molar-refractivity contribution in [1.82, 2.24) is 13.9 Å². The normalized spacial score (nSPS) is 27.0. The fourth-order valence-electron chi connectivity index (χ4n) is 3.16. The highest BCUT2D eigenvalue weighted by atomic mass is 32.2. The van der Waals surface area contributed by atoms with Gasteiger partial charge in [0.15, 0.2) is 0 Å². The van der Waals surface area contributed by atoms with Crippen LogP contribution in [0.15, 0.2) is 30.3 Å². The lowest BCUT2D eigenvalue weighted by Gasteiger charge is -2.33. The van der Waals surface area contributed by atoms with Crippen molar-refractivity contribution >= 4 is 22.3 Å². The van der Waals surface area contributed by atoms with Crippen LogP contribution in [0.25, 0.3) is 0 Å². The molecule has 1 aliphatic carbocycles. The van der Waals surface area contributed by atoms with Crippen molar-refractivity contribution in [1.29, 1.82) is 0 Å². The number of carboxylic acid groups (broad SMARTS) is 2. The second-order valence-corrected chi connectivity index (χ2v) is 7.89. The summed E-state index contributed by atoms with van der Waals surface area (Å²) in [6.07, 6.45) is -0.918. The summed E-state index contributed by atoms with van der Waals surface area (Å²) in [6.45, 7) is 0.0948. The Hall–Kier alpha value is -2.17. The Morgan fingerprint density at radius 3 is 2.20 bits per heavy atom. The van der Waals surface area contributed by atoms with Crippen molar-refractivity contribution in [3.05, 3.63) is 35.9 Å². The molecule has 0 spiro atoms. The molecule has 10 heteroatoms. The number of carbonyl (C=O) groups is 2. The Bertz CT molecular complexity index is 776. The molecule has 2 atom stereocenters. The van der Waals surface area contributed by atoms with Crippen LogP contribution in [0.2, 0.25) is 0 Å². The number of piperazine rings is 1. The molecule has 0 aromatic heterocycles. The van der Waals surface area contributed by atoms with E-state index >= 15 is 0 Å². The predicted octanol–water partition coefficient (Wildman–Crippen LogP) is 0.127. The molecular formula is C15H19N3O6S. The van der Waals surface area contributed by atoms with Crippen molar-refractivity contribution in [2.24, 2.45) is 0 Å². The minimum Gasteiger partial charge on any atom is -0.480 e. The van der Waals surface area contributed by atoms with E-state index in [0.29, 0.717) is 0 Å². The molecule has 0 unspecified atom stereocenters. The number of aliphatic carboxylic acids is 1. The summed E-state index contributed by atoms with van der Waals surface area (Å²) in [5.41, 5.74) is -0.785. The van der Waals surface area contributed by atoms with E-state index in [1.807, 2.05) is 0 Å². The number of hydrogen-bond donors (Lipinski definition) is 3. The zero-order valence-corrected chi connectivity index (χ0v) is 14.1. The Balaban J connectivity index is 1.73. The first-order valence-electron chi connectivity index (χ1n) is 7.81. The minimum absolute atomic E-state index is 0.00661. The van der Waals surface area contributed by atoms with Gasteiger partial charge in [0.1, 0.15) is 5.54 Å². The maximum Gasteiger partial charge on any atom is 0.407 e. The molecule has 0 radical (unpaired) electrons. The Labute approximate surface area is 145 Å². The van der Waals surface area contributed by atoms with Crippen molar-refractivity contribution in [3.8, 4) is 0 Å². The van der Waals surface area contributed by atoms with Crippen LogP contribution >= 0.6 is 0 Å². The first-order chi connectivity index (χ1) is 11.8. The summed E-state index contributed by atoms with van der Waals surface area (Å²) < 4.78 is 28.6. The van der Waals surface area contributed by atoms with Crippen molar-refractivity contribution in [3.63, 3.8) is 0 Å². The fraction of sp³-hybridized carbons (Fsp3) is 0.467. The SMILES string of the molecule is O=C(O)N1CCN(S(=O)(=O)N[C@@]2(C(=O)O)C[C@@H]2c2ccccc2)CC1. The summed E-state index contributed by atoms with van der Waals surface area (Å²) in [4.78, 5) is 23.8. The van der Waals surface area contributed by atoms with Crippen LogP contribution in [0.5, 0.6) is 0 Å². The molecule has 25 heavy (non-hydrogen) atoms. The second-order valence-electron chi connectivity index (χ2n) is 6.22. The van der Waals surface area contributed by atoms with Gasteiger partial charge in [-0.15, -0.1) is 0 Å². The van der Waals surface area contributed by atoms with Crippen molar-refractivity contribution in [2.75, 3.05) is 26.2 Å². The van der Waals surface area contributed by atoms with Gasteiger partial charge in [0.25, 0.3) is 10.2 Å². The quantitative estimate of drug-likeness (QED) is 0.677. The largest absolute Gasteiger partial charge is 0.480 e. The molecule has 2 fully saturated rings. The number of rotatable bonds is 5. The standard InChI is InChI=1S/C15H19N3O6S/c19-13(20)15(10-12(15)11-4-2-1-3-5-11)16-25(23,24)18-8-6-17(7-9-18)14(21)22/h1-5,12,16H,6-10H2,(H,19,20)(H,21,22)/t12-,15+/m1/s1. The van der Waals surface area contributed by atoms with Gasteiger partial charge in [-0.1, -0.05) is 30.3 Å². The van der Waals surface area contributed by atoms with Crippen molar-refractivity contribution in [2.45, 2.75) is 17.9 Å². The number of carboxylic acids is 1. The maximum absolute atomic E-state index is 12.6. The van der Waals surface area contributed by atoms with E-state index in [0.717, 1.165) is 14.8 Å². The topological polar surface area (TPSA) is 127 Å². The predicted molar refractivity (Wildman–Crippen MR) is 87.4 cm³/mol. The third kappa shape index (κ3) is 3.32. The van der Waals surface area contributed by atoms with Gasteiger partial charge in [-0.05, 0) is 12.0 Å². The van der Waals surface area contributed by atoms with E-state index in [1.54, 1.807) is 30.3 Å². The fourth-order valence-corrected chi connectivity index (χ4v) is 4.70. The van der Waals surface area contributed by atoms with Gasteiger partial charge >= 0.3 is 12.1 Å². The number of benzene rings is 1. The van der Waals surface area contributed by atoms with Crippen LogP contribution in [0.1, 0.15) is 17.9 Å². The molecule has 1 aliphatic heterocycles. The van der Waals surface area contributed by atoms with E-state index in [-0.39, 0.29) is 32.6 Å². The lowest BCUT2D eigenvalue weighted by Crippen LogP contribution is -2.56. The van der Waals surface area contributed by atoms with Gasteiger partial charge in [-0.2, -0.15) is 17.4 Å². The lowest BCUT2D eigenvalue weighted by molar-refractivity contribution is -0.140. The van der Waals surface area contributed by atoms with E-state index in [4.69, 9.17) is 5.11 Å². The first-order valence-corrected chi connectivity index (χ1v) is 9.25. The van der Waals surface area contributed by atoms with Gasteiger partial charge in [-0.3, -0.25) is 4.79 Å². The molecule has 1 heterocycles. The molecule has 3 rings (SSSR count). The zero-order chi connectivity index (χ0) is 18.2. The minimum atomic E-state index is -4.03. The van der Waals surface area contributed by atoms with E-state index < -0.39 is 33.7 Å². The Morgan fingerprint density at radius 1 is 1.08 bits per heavy atom. The average molecular weight is 369 g/mol. The van der Waals surface area contributed by atoms with Gasteiger partial charge in [0, 0.05) is 32.1 Å². The summed E-state index contributed by atoms with van der Waals surface area (Å²) in [5.74, 6) is -1.64. The molecule has 1 aromatic rings. The number of amides is 1.